The third-order valence-corrected chi connectivity index (χ3v) is 4.62. The number of furan rings is 1. The number of hydrogen-bond acceptors (Lipinski definition) is 5. The molecule has 0 spiro atoms. The molecule has 7 nitrogen and oxygen atoms in total. The predicted molar refractivity (Wildman–Crippen MR) is 102 cm³/mol. The Kier molecular flexibility index (Phi) is 5.11. The van der Waals surface area contributed by atoms with E-state index in [1.807, 2.05) is 0 Å². The van der Waals surface area contributed by atoms with E-state index < -0.39 is 29.3 Å². The van der Waals surface area contributed by atoms with Crippen LogP contribution in [0, 0.1) is 13.8 Å². The molecule has 1 aromatic heterocycles. The number of aromatic hydroxyl groups is 1. The molecule has 2 aromatic carbocycles. The molecule has 0 unspecified atom stereocenters. The van der Waals surface area contributed by atoms with Crippen LogP contribution in [0.25, 0.3) is 11.0 Å². The van der Waals surface area contributed by atoms with E-state index in [-0.39, 0.29) is 44.9 Å². The summed E-state index contributed by atoms with van der Waals surface area (Å²) < 4.78 is 50.0. The Morgan fingerprint density at radius 2 is 1.87 bits per heavy atom. The van der Waals surface area contributed by atoms with Crippen LogP contribution in [-0.2, 0) is 6.18 Å². The Hall–Kier alpha value is -3.69. The van der Waals surface area contributed by atoms with Gasteiger partial charge in [0.2, 0.25) is 0 Å². The number of rotatable bonds is 4. The smallest absolute Gasteiger partial charge is 0.416 e. The molecule has 0 saturated carbocycles. The zero-order valence-corrected chi connectivity index (χ0v) is 16.1. The molecular weight excluding hydrogens is 405 g/mol. The molecule has 2 amide bonds. The minimum absolute atomic E-state index is 0.00623. The van der Waals surface area contributed by atoms with Crippen LogP contribution in [0.1, 0.15) is 37.6 Å². The second kappa shape index (κ2) is 7.29. The van der Waals surface area contributed by atoms with E-state index in [0.29, 0.717) is 0 Å². The monoisotopic (exact) mass is 422 g/mol. The number of carbonyl (C=O) groups excluding carboxylic acids is 2. The molecule has 0 fully saturated rings. The molecule has 4 N–H and O–H groups in total. The van der Waals surface area contributed by atoms with Crippen LogP contribution in [0.15, 0.2) is 28.7 Å². The number of primary amides is 1. The number of ether oxygens (including phenoxy) is 1. The number of anilines is 1. The number of halogens is 3. The summed E-state index contributed by atoms with van der Waals surface area (Å²) in [5.74, 6) is -2.49. The van der Waals surface area contributed by atoms with Gasteiger partial charge in [0.25, 0.3) is 11.8 Å². The molecule has 0 atom stereocenters. The van der Waals surface area contributed by atoms with Gasteiger partial charge in [-0.05, 0) is 31.5 Å². The van der Waals surface area contributed by atoms with E-state index in [9.17, 15) is 27.9 Å². The zero-order valence-electron chi connectivity index (χ0n) is 16.1. The van der Waals surface area contributed by atoms with Gasteiger partial charge >= 0.3 is 6.18 Å². The van der Waals surface area contributed by atoms with Crippen molar-refractivity contribution < 1.29 is 37.0 Å². The van der Waals surface area contributed by atoms with Crippen molar-refractivity contribution >= 4 is 28.5 Å². The molecule has 158 valence electrons. The lowest BCUT2D eigenvalue weighted by Crippen LogP contribution is -2.14. The van der Waals surface area contributed by atoms with Gasteiger partial charge in [-0.1, -0.05) is 6.07 Å². The average molecular weight is 422 g/mol. The Bertz CT molecular complexity index is 1180. The summed E-state index contributed by atoms with van der Waals surface area (Å²) in [6.07, 6.45) is -4.58. The number of benzene rings is 2. The minimum atomic E-state index is -4.58. The lowest BCUT2D eigenvalue weighted by molar-refractivity contribution is -0.138. The topological polar surface area (TPSA) is 115 Å². The second-order valence-corrected chi connectivity index (χ2v) is 6.58. The van der Waals surface area contributed by atoms with Crippen molar-refractivity contribution in [1.29, 1.82) is 0 Å². The molecule has 0 aliphatic rings. The van der Waals surface area contributed by atoms with Crippen molar-refractivity contribution in [2.45, 2.75) is 20.0 Å². The second-order valence-electron chi connectivity index (χ2n) is 6.58. The van der Waals surface area contributed by atoms with Crippen molar-refractivity contribution in [3.05, 3.63) is 52.3 Å². The summed E-state index contributed by atoms with van der Waals surface area (Å²) in [7, 11) is 1.31. The molecule has 3 aromatic rings. The number of amides is 2. The van der Waals surface area contributed by atoms with Crippen LogP contribution >= 0.6 is 0 Å². The highest BCUT2D eigenvalue weighted by atomic mass is 19.4. The van der Waals surface area contributed by atoms with E-state index in [4.69, 9.17) is 14.9 Å². The highest BCUT2D eigenvalue weighted by molar-refractivity contribution is 6.13. The molecule has 1 heterocycles. The van der Waals surface area contributed by atoms with Gasteiger partial charge in [-0.2, -0.15) is 13.2 Å². The molecule has 30 heavy (non-hydrogen) atoms. The maximum atomic E-state index is 13.1. The Morgan fingerprint density at radius 1 is 1.20 bits per heavy atom. The van der Waals surface area contributed by atoms with Gasteiger partial charge in [0, 0.05) is 17.3 Å². The van der Waals surface area contributed by atoms with E-state index in [1.54, 1.807) is 0 Å². The SMILES string of the molecule is COc1cc(O)c(C(N)=O)c2oc(C(=O)Nc3ccc(C)c(C(F)(F)F)c3)c(C)c12. The summed E-state index contributed by atoms with van der Waals surface area (Å²) in [6.45, 7) is 2.81. The van der Waals surface area contributed by atoms with Crippen LogP contribution in [0.2, 0.25) is 0 Å². The highest BCUT2D eigenvalue weighted by Gasteiger charge is 2.33. The Morgan fingerprint density at radius 3 is 2.43 bits per heavy atom. The summed E-state index contributed by atoms with van der Waals surface area (Å²) in [4.78, 5) is 24.4. The lowest BCUT2D eigenvalue weighted by atomic mass is 10.1. The third-order valence-electron chi connectivity index (χ3n) is 4.62. The quantitative estimate of drug-likeness (QED) is 0.585. The van der Waals surface area contributed by atoms with Gasteiger partial charge < -0.3 is 25.3 Å². The van der Waals surface area contributed by atoms with Crippen molar-refractivity contribution in [3.63, 3.8) is 0 Å². The van der Waals surface area contributed by atoms with Crippen molar-refractivity contribution in [2.75, 3.05) is 12.4 Å². The minimum Gasteiger partial charge on any atom is -0.507 e. The van der Waals surface area contributed by atoms with Crippen molar-refractivity contribution in [2.24, 2.45) is 5.73 Å². The van der Waals surface area contributed by atoms with E-state index in [0.717, 1.165) is 12.1 Å². The summed E-state index contributed by atoms with van der Waals surface area (Å²) in [5, 5.41) is 12.6. The largest absolute Gasteiger partial charge is 0.507 e. The predicted octanol–water partition coefficient (Wildman–Crippen LogP) is 4.13. The molecule has 0 bridgehead atoms. The first kappa shape index (κ1) is 21.0. The van der Waals surface area contributed by atoms with E-state index in [2.05, 4.69) is 5.32 Å². The highest BCUT2D eigenvalue weighted by Crippen LogP contribution is 2.40. The molecule has 0 aliphatic heterocycles. The fourth-order valence-corrected chi connectivity index (χ4v) is 3.18. The van der Waals surface area contributed by atoms with Crippen molar-refractivity contribution in [3.8, 4) is 11.5 Å². The number of nitrogens with two attached hydrogens (primary N) is 1. The Balaban J connectivity index is 2.10. The normalized spacial score (nSPS) is 11.5. The van der Waals surface area contributed by atoms with Crippen molar-refractivity contribution in [1.82, 2.24) is 0 Å². The fraction of sp³-hybridized carbons (Fsp3) is 0.200. The molecule has 0 aliphatic carbocycles. The third kappa shape index (κ3) is 3.51. The molecule has 3 rings (SSSR count). The number of nitrogens with one attached hydrogen (secondary N) is 1. The number of aryl methyl sites for hydroxylation is 2. The van der Waals surface area contributed by atoms with Gasteiger partial charge in [0.05, 0.1) is 18.1 Å². The summed E-state index contributed by atoms with van der Waals surface area (Å²) in [6, 6.07) is 4.52. The first-order chi connectivity index (χ1) is 14.0. The molecule has 0 radical (unpaired) electrons. The van der Waals surface area contributed by atoms with Crippen LogP contribution in [0.5, 0.6) is 11.5 Å². The number of carbonyl (C=O) groups is 2. The summed E-state index contributed by atoms with van der Waals surface area (Å²) in [5.41, 5.74) is 4.07. The molecule has 10 heteroatoms. The van der Waals surface area contributed by atoms with Crippen LogP contribution < -0.4 is 15.8 Å². The number of alkyl halides is 3. The maximum absolute atomic E-state index is 13.1. The first-order valence-corrected chi connectivity index (χ1v) is 8.57. The van der Waals surface area contributed by atoms with Crippen LogP contribution in [0.4, 0.5) is 18.9 Å². The fourth-order valence-electron chi connectivity index (χ4n) is 3.18. The molecule has 0 saturated heterocycles. The van der Waals surface area contributed by atoms with E-state index >= 15 is 0 Å². The molecular formula is C20H17F3N2O5. The van der Waals surface area contributed by atoms with Gasteiger partial charge in [0.15, 0.2) is 11.3 Å². The van der Waals surface area contributed by atoms with Crippen LogP contribution in [0.3, 0.4) is 0 Å². The van der Waals surface area contributed by atoms with Gasteiger partial charge in [-0.25, -0.2) is 0 Å². The van der Waals surface area contributed by atoms with E-state index in [1.165, 1.54) is 33.1 Å². The zero-order chi connectivity index (χ0) is 22.4. The van der Waals surface area contributed by atoms with Gasteiger partial charge in [0.1, 0.15) is 17.1 Å². The average Bonchev–Trinajstić information content (AvgIpc) is 2.98. The first-order valence-electron chi connectivity index (χ1n) is 8.57. The Labute approximate surface area is 168 Å². The maximum Gasteiger partial charge on any atom is 0.416 e. The number of phenols is 1. The number of hydrogen-bond donors (Lipinski definition) is 3. The van der Waals surface area contributed by atoms with Gasteiger partial charge in [-0.3, -0.25) is 9.59 Å². The summed E-state index contributed by atoms with van der Waals surface area (Å²) >= 11 is 0. The lowest BCUT2D eigenvalue weighted by Gasteiger charge is -2.12. The standard InChI is InChI=1S/C20H17F3N2O5/c1-8-4-5-10(6-11(8)20(21,22)23)25-19(28)16-9(2)14-13(29-3)7-12(26)15(18(24)27)17(14)30-16/h4-7,26H,1-3H3,(H2,24,27)(H,25,28). The van der Waals surface area contributed by atoms with Gasteiger partial charge in [-0.15, -0.1) is 0 Å². The number of fused-ring (bicyclic) bond motifs is 1. The van der Waals surface area contributed by atoms with Crippen LogP contribution in [-0.4, -0.2) is 24.0 Å². The number of methoxy groups -OCH3 is 1.